The van der Waals surface area contributed by atoms with E-state index in [2.05, 4.69) is 75.6 Å². The Labute approximate surface area is 129 Å². The van der Waals surface area contributed by atoms with Crippen LogP contribution >= 0.6 is 11.8 Å². The molecule has 0 amide bonds. The minimum atomic E-state index is -1.08. The second-order valence-corrected chi connectivity index (χ2v) is 14.4. The van der Waals surface area contributed by atoms with Crippen LogP contribution in [0.3, 0.4) is 0 Å². The topological polar surface area (TPSA) is 0 Å². The van der Waals surface area contributed by atoms with E-state index in [1.54, 1.807) is 10.5 Å². The summed E-state index contributed by atoms with van der Waals surface area (Å²) in [7, 11) is -1.08. The number of fused-ring (bicyclic) bond motifs is 1. The van der Waals surface area contributed by atoms with Crippen molar-refractivity contribution in [1.29, 1.82) is 0 Å². The maximum Gasteiger partial charge on any atom is 0.0488 e. The summed E-state index contributed by atoms with van der Waals surface area (Å²) in [6.07, 6.45) is 1.40. The zero-order chi connectivity index (χ0) is 14.5. The number of thioether (sulfide) groups is 1. The van der Waals surface area contributed by atoms with Gasteiger partial charge in [0.2, 0.25) is 0 Å². The first-order valence-electron chi connectivity index (χ1n) is 7.82. The summed E-state index contributed by atoms with van der Waals surface area (Å²) in [5.74, 6) is 1.70. The van der Waals surface area contributed by atoms with Gasteiger partial charge in [-0.15, -0.1) is 11.8 Å². The predicted octanol–water partition coefficient (Wildman–Crippen LogP) is 5.90. The van der Waals surface area contributed by atoms with Crippen molar-refractivity contribution in [2.45, 2.75) is 50.7 Å². The highest BCUT2D eigenvalue weighted by atomic mass is 32.2. The molecule has 1 saturated carbocycles. The Kier molecular flexibility index (Phi) is 3.66. The molecule has 108 valence electrons. The molecule has 1 aromatic rings. The molecule has 2 aliphatic rings. The molecule has 1 aromatic carbocycles. The SMILES string of the molecule is CC1=C(c2ccccc2)C2CC(C)C([Si](C)(C)C)C2S1. The van der Waals surface area contributed by atoms with Crippen LogP contribution in [0.25, 0.3) is 5.57 Å². The molecule has 0 nitrogen and oxygen atoms in total. The highest BCUT2D eigenvalue weighted by Gasteiger charge is 2.51. The van der Waals surface area contributed by atoms with Crippen molar-refractivity contribution < 1.29 is 0 Å². The maximum atomic E-state index is 2.56. The van der Waals surface area contributed by atoms with Gasteiger partial charge in [-0.2, -0.15) is 0 Å². The monoisotopic (exact) mass is 302 g/mol. The number of rotatable bonds is 2. The molecule has 0 N–H and O–H groups in total. The first-order valence-corrected chi connectivity index (χ1v) is 12.3. The Morgan fingerprint density at radius 3 is 2.35 bits per heavy atom. The molecule has 4 atom stereocenters. The van der Waals surface area contributed by atoms with Gasteiger partial charge in [-0.25, -0.2) is 0 Å². The molecule has 3 rings (SSSR count). The Hall–Kier alpha value is -0.473. The van der Waals surface area contributed by atoms with E-state index in [0.29, 0.717) is 0 Å². The zero-order valence-corrected chi connectivity index (χ0v) is 15.1. The molecule has 20 heavy (non-hydrogen) atoms. The molecule has 0 saturated heterocycles. The van der Waals surface area contributed by atoms with Gasteiger partial charge in [-0.3, -0.25) is 0 Å². The van der Waals surface area contributed by atoms with Gasteiger partial charge < -0.3 is 0 Å². The lowest BCUT2D eigenvalue weighted by Crippen LogP contribution is -2.35. The minimum Gasteiger partial charge on any atom is -0.127 e. The highest BCUT2D eigenvalue weighted by Crippen LogP contribution is 2.62. The van der Waals surface area contributed by atoms with E-state index in [4.69, 9.17) is 0 Å². The van der Waals surface area contributed by atoms with Crippen molar-refractivity contribution in [2.75, 3.05) is 0 Å². The third kappa shape index (κ3) is 2.31. The van der Waals surface area contributed by atoms with E-state index in [9.17, 15) is 0 Å². The van der Waals surface area contributed by atoms with E-state index >= 15 is 0 Å². The molecule has 1 aliphatic carbocycles. The van der Waals surface area contributed by atoms with Crippen LogP contribution in [-0.2, 0) is 0 Å². The summed E-state index contributed by atoms with van der Waals surface area (Å²) < 4.78 is 0. The normalized spacial score (nSPS) is 33.6. The molecule has 0 bridgehead atoms. The fourth-order valence-electron chi connectivity index (χ4n) is 4.60. The predicted molar refractivity (Wildman–Crippen MR) is 94.8 cm³/mol. The van der Waals surface area contributed by atoms with Crippen molar-refractivity contribution in [3.63, 3.8) is 0 Å². The number of allylic oxidation sites excluding steroid dienone is 2. The Morgan fingerprint density at radius 1 is 1.10 bits per heavy atom. The molecule has 1 fully saturated rings. The van der Waals surface area contributed by atoms with Crippen molar-refractivity contribution in [2.24, 2.45) is 11.8 Å². The van der Waals surface area contributed by atoms with Gasteiger partial charge in [0.25, 0.3) is 0 Å². The molecule has 0 aromatic heterocycles. The van der Waals surface area contributed by atoms with Gasteiger partial charge in [-0.05, 0) is 46.8 Å². The van der Waals surface area contributed by atoms with Crippen LogP contribution in [0.1, 0.15) is 25.8 Å². The number of benzene rings is 1. The van der Waals surface area contributed by atoms with Gasteiger partial charge in [0.15, 0.2) is 0 Å². The molecule has 2 heteroatoms. The van der Waals surface area contributed by atoms with E-state index in [1.807, 2.05) is 0 Å². The molecule has 1 aliphatic heterocycles. The molecular weight excluding hydrogens is 276 g/mol. The van der Waals surface area contributed by atoms with Gasteiger partial charge >= 0.3 is 0 Å². The third-order valence-corrected chi connectivity index (χ3v) is 9.77. The summed E-state index contributed by atoms with van der Waals surface area (Å²) in [4.78, 5) is 1.58. The molecule has 0 radical (unpaired) electrons. The summed E-state index contributed by atoms with van der Waals surface area (Å²) in [5, 5.41) is 0.854. The molecule has 0 spiro atoms. The first kappa shape index (κ1) is 14.5. The Morgan fingerprint density at radius 2 is 1.75 bits per heavy atom. The van der Waals surface area contributed by atoms with Crippen molar-refractivity contribution in [3.8, 4) is 0 Å². The van der Waals surface area contributed by atoms with Crippen LogP contribution in [0.5, 0.6) is 0 Å². The van der Waals surface area contributed by atoms with Crippen LogP contribution < -0.4 is 0 Å². The van der Waals surface area contributed by atoms with Gasteiger partial charge in [0.05, 0.1) is 0 Å². The lowest BCUT2D eigenvalue weighted by Gasteiger charge is -2.33. The van der Waals surface area contributed by atoms with E-state index in [-0.39, 0.29) is 0 Å². The smallest absolute Gasteiger partial charge is 0.0488 e. The van der Waals surface area contributed by atoms with E-state index < -0.39 is 8.07 Å². The van der Waals surface area contributed by atoms with Crippen LogP contribution in [0.2, 0.25) is 25.2 Å². The third-order valence-electron chi connectivity index (χ3n) is 5.14. The van der Waals surface area contributed by atoms with Crippen LogP contribution in [0.4, 0.5) is 0 Å². The number of hydrogen-bond donors (Lipinski definition) is 0. The largest absolute Gasteiger partial charge is 0.127 e. The average Bonchev–Trinajstić information content (AvgIpc) is 2.81. The van der Waals surface area contributed by atoms with E-state index in [1.165, 1.54) is 12.0 Å². The maximum absolute atomic E-state index is 2.56. The summed E-state index contributed by atoms with van der Waals surface area (Å²) in [5.41, 5.74) is 4.09. The van der Waals surface area contributed by atoms with Crippen molar-refractivity contribution in [1.82, 2.24) is 0 Å². The van der Waals surface area contributed by atoms with E-state index in [0.717, 1.165) is 22.6 Å². The van der Waals surface area contributed by atoms with Crippen LogP contribution in [0, 0.1) is 11.8 Å². The summed E-state index contributed by atoms with van der Waals surface area (Å²) >= 11 is 2.19. The lowest BCUT2D eigenvalue weighted by molar-refractivity contribution is 0.582. The fraction of sp³-hybridized carbons (Fsp3) is 0.556. The van der Waals surface area contributed by atoms with Crippen molar-refractivity contribution >= 4 is 25.4 Å². The quantitative estimate of drug-likeness (QED) is 0.613. The zero-order valence-electron chi connectivity index (χ0n) is 13.3. The van der Waals surface area contributed by atoms with Gasteiger partial charge in [-0.1, -0.05) is 56.9 Å². The second kappa shape index (κ2) is 5.06. The van der Waals surface area contributed by atoms with Gasteiger partial charge in [0.1, 0.15) is 0 Å². The molecular formula is C18H26SSi. The Bertz CT molecular complexity index is 526. The van der Waals surface area contributed by atoms with Crippen LogP contribution in [0.15, 0.2) is 35.2 Å². The minimum absolute atomic E-state index is 0.800. The summed E-state index contributed by atoms with van der Waals surface area (Å²) in [6, 6.07) is 11.1. The van der Waals surface area contributed by atoms with Gasteiger partial charge in [0, 0.05) is 13.3 Å². The fourth-order valence-corrected chi connectivity index (χ4v) is 10.7. The van der Waals surface area contributed by atoms with Crippen molar-refractivity contribution in [3.05, 3.63) is 40.8 Å². The number of hydrogen-bond acceptors (Lipinski definition) is 1. The highest BCUT2D eigenvalue weighted by molar-refractivity contribution is 8.04. The second-order valence-electron chi connectivity index (χ2n) is 7.63. The van der Waals surface area contributed by atoms with Crippen LogP contribution in [-0.4, -0.2) is 13.3 Å². The lowest BCUT2D eigenvalue weighted by atomic mass is 9.90. The molecule has 1 heterocycles. The first-order chi connectivity index (χ1) is 9.39. The molecule has 4 unspecified atom stereocenters. The average molecular weight is 303 g/mol. The standard InChI is InChI=1S/C18H26SSi/c1-12-11-15-16(14-9-7-6-8-10-14)13(2)19-17(15)18(12)20(3,4)5/h6-10,12,15,17-18H,11H2,1-5H3. The summed E-state index contributed by atoms with van der Waals surface area (Å²) in [6.45, 7) is 12.5. The Balaban J connectivity index is 1.96.